The first-order valence-electron chi connectivity index (χ1n) is 9.05. The van der Waals surface area contributed by atoms with E-state index in [0.29, 0.717) is 23.7 Å². The predicted octanol–water partition coefficient (Wildman–Crippen LogP) is 4.56. The maximum absolute atomic E-state index is 11.1. The average Bonchev–Trinajstić information content (AvgIpc) is 3.13. The first kappa shape index (κ1) is 19.5. The van der Waals surface area contributed by atoms with E-state index < -0.39 is 5.97 Å². The van der Waals surface area contributed by atoms with E-state index in [9.17, 15) is 9.90 Å². The number of carboxylic acid groups (broad SMARTS) is 1. The lowest BCUT2D eigenvalue weighted by Crippen LogP contribution is -1.97. The SMILES string of the molecule is Cc1nc(COc2ccccn2)sc1-c1cccc(-c2ccc(C(=O)O)c(O)c2)n1. The van der Waals surface area contributed by atoms with Crippen LogP contribution >= 0.6 is 11.3 Å². The van der Waals surface area contributed by atoms with Gasteiger partial charge in [0.2, 0.25) is 5.88 Å². The lowest BCUT2D eigenvalue weighted by Gasteiger charge is -2.06. The molecule has 0 saturated heterocycles. The van der Waals surface area contributed by atoms with E-state index in [-0.39, 0.29) is 11.3 Å². The third-order valence-electron chi connectivity index (χ3n) is 4.33. The number of phenols is 1. The Balaban J connectivity index is 1.59. The number of carbonyl (C=O) groups is 1. The molecular weight excluding hydrogens is 402 g/mol. The van der Waals surface area contributed by atoms with Gasteiger partial charge in [-0.05, 0) is 37.3 Å². The molecule has 0 unspecified atom stereocenters. The quantitative estimate of drug-likeness (QED) is 0.472. The number of aromatic nitrogens is 3. The zero-order valence-corrected chi connectivity index (χ0v) is 16.8. The number of ether oxygens (including phenoxy) is 1. The van der Waals surface area contributed by atoms with Crippen molar-refractivity contribution in [3.63, 3.8) is 0 Å². The molecule has 0 fully saturated rings. The largest absolute Gasteiger partial charge is 0.507 e. The summed E-state index contributed by atoms with van der Waals surface area (Å²) in [5.41, 5.74) is 2.69. The van der Waals surface area contributed by atoms with Crippen molar-refractivity contribution in [1.29, 1.82) is 0 Å². The number of carboxylic acids is 1. The second-order valence-electron chi connectivity index (χ2n) is 6.42. The van der Waals surface area contributed by atoms with Crippen LogP contribution in [0.2, 0.25) is 0 Å². The van der Waals surface area contributed by atoms with Crippen LogP contribution < -0.4 is 4.74 Å². The third kappa shape index (κ3) is 4.13. The van der Waals surface area contributed by atoms with E-state index in [1.54, 1.807) is 24.4 Å². The monoisotopic (exact) mass is 419 g/mol. The van der Waals surface area contributed by atoms with Crippen LogP contribution in [0.15, 0.2) is 60.8 Å². The van der Waals surface area contributed by atoms with Gasteiger partial charge in [0.1, 0.15) is 22.9 Å². The van der Waals surface area contributed by atoms with Gasteiger partial charge in [-0.1, -0.05) is 18.2 Å². The first-order valence-corrected chi connectivity index (χ1v) is 9.87. The fourth-order valence-electron chi connectivity index (χ4n) is 2.91. The summed E-state index contributed by atoms with van der Waals surface area (Å²) in [7, 11) is 0. The molecule has 150 valence electrons. The molecule has 0 spiro atoms. The number of hydrogen-bond donors (Lipinski definition) is 2. The van der Waals surface area contributed by atoms with Gasteiger partial charge in [-0.3, -0.25) is 0 Å². The molecule has 0 aliphatic carbocycles. The van der Waals surface area contributed by atoms with E-state index >= 15 is 0 Å². The van der Waals surface area contributed by atoms with Gasteiger partial charge in [-0.15, -0.1) is 11.3 Å². The fourth-order valence-corrected chi connectivity index (χ4v) is 3.86. The number of aromatic carboxylic acids is 1. The van der Waals surface area contributed by atoms with Gasteiger partial charge < -0.3 is 14.9 Å². The highest BCUT2D eigenvalue weighted by Crippen LogP contribution is 2.32. The highest BCUT2D eigenvalue weighted by atomic mass is 32.1. The summed E-state index contributed by atoms with van der Waals surface area (Å²) < 4.78 is 5.67. The minimum Gasteiger partial charge on any atom is -0.507 e. The number of aryl methyl sites for hydroxylation is 1. The van der Waals surface area contributed by atoms with E-state index in [4.69, 9.17) is 9.84 Å². The van der Waals surface area contributed by atoms with Crippen molar-refractivity contribution >= 4 is 17.3 Å². The topological polar surface area (TPSA) is 105 Å². The van der Waals surface area contributed by atoms with Gasteiger partial charge in [0.25, 0.3) is 0 Å². The molecular formula is C22H17N3O4S. The zero-order valence-electron chi connectivity index (χ0n) is 15.9. The van der Waals surface area contributed by atoms with Gasteiger partial charge in [0.15, 0.2) is 0 Å². The fraction of sp³-hybridized carbons (Fsp3) is 0.0909. The minimum atomic E-state index is -1.18. The molecule has 0 aliphatic rings. The highest BCUT2D eigenvalue weighted by molar-refractivity contribution is 7.15. The normalized spacial score (nSPS) is 10.7. The van der Waals surface area contributed by atoms with Crippen LogP contribution in [0.1, 0.15) is 21.1 Å². The highest BCUT2D eigenvalue weighted by Gasteiger charge is 2.14. The Morgan fingerprint density at radius 2 is 1.90 bits per heavy atom. The molecule has 3 aromatic heterocycles. The summed E-state index contributed by atoms with van der Waals surface area (Å²) in [6.07, 6.45) is 1.67. The Labute approximate surface area is 176 Å². The van der Waals surface area contributed by atoms with Crippen molar-refractivity contribution in [3.8, 4) is 33.5 Å². The lowest BCUT2D eigenvalue weighted by molar-refractivity contribution is 0.0694. The Kier molecular flexibility index (Phi) is 5.40. The van der Waals surface area contributed by atoms with Crippen molar-refractivity contribution < 1.29 is 19.7 Å². The molecule has 0 radical (unpaired) electrons. The van der Waals surface area contributed by atoms with E-state index in [1.165, 1.54) is 23.5 Å². The van der Waals surface area contributed by atoms with Crippen LogP contribution in [0.3, 0.4) is 0 Å². The van der Waals surface area contributed by atoms with Crippen molar-refractivity contribution in [2.45, 2.75) is 13.5 Å². The summed E-state index contributed by atoms with van der Waals surface area (Å²) in [5.74, 6) is -0.937. The van der Waals surface area contributed by atoms with Crippen LogP contribution in [0.4, 0.5) is 0 Å². The maximum Gasteiger partial charge on any atom is 0.339 e. The molecule has 7 nitrogen and oxygen atoms in total. The van der Waals surface area contributed by atoms with Crippen LogP contribution in [-0.4, -0.2) is 31.1 Å². The molecule has 8 heteroatoms. The van der Waals surface area contributed by atoms with E-state index in [1.807, 2.05) is 31.2 Å². The molecule has 0 aliphatic heterocycles. The molecule has 0 amide bonds. The van der Waals surface area contributed by atoms with Crippen molar-refractivity contribution in [1.82, 2.24) is 15.0 Å². The molecule has 3 heterocycles. The van der Waals surface area contributed by atoms with Crippen LogP contribution in [0.5, 0.6) is 11.6 Å². The van der Waals surface area contributed by atoms with Gasteiger partial charge in [0, 0.05) is 17.8 Å². The molecule has 4 aromatic rings. The van der Waals surface area contributed by atoms with Gasteiger partial charge in [-0.25, -0.2) is 19.7 Å². The summed E-state index contributed by atoms with van der Waals surface area (Å²) in [6, 6.07) is 15.4. The maximum atomic E-state index is 11.1. The van der Waals surface area contributed by atoms with Gasteiger partial charge >= 0.3 is 5.97 Å². The van der Waals surface area contributed by atoms with Gasteiger partial charge in [0.05, 0.1) is 22.0 Å². The Morgan fingerprint density at radius 1 is 1.07 bits per heavy atom. The van der Waals surface area contributed by atoms with Crippen LogP contribution in [0, 0.1) is 6.92 Å². The molecule has 0 atom stereocenters. The second-order valence-corrected chi connectivity index (χ2v) is 7.51. The van der Waals surface area contributed by atoms with Crippen LogP contribution in [-0.2, 0) is 6.61 Å². The Morgan fingerprint density at radius 3 is 2.63 bits per heavy atom. The molecule has 0 bridgehead atoms. The van der Waals surface area contributed by atoms with E-state index in [2.05, 4.69) is 15.0 Å². The number of rotatable bonds is 6. The van der Waals surface area contributed by atoms with Crippen molar-refractivity contribution in [2.75, 3.05) is 0 Å². The molecule has 1 aromatic carbocycles. The van der Waals surface area contributed by atoms with Crippen molar-refractivity contribution in [2.24, 2.45) is 0 Å². The first-order chi connectivity index (χ1) is 14.5. The van der Waals surface area contributed by atoms with Gasteiger partial charge in [-0.2, -0.15) is 0 Å². The minimum absolute atomic E-state index is 0.147. The number of pyridine rings is 2. The summed E-state index contributed by atoms with van der Waals surface area (Å²) >= 11 is 1.49. The number of benzene rings is 1. The third-order valence-corrected chi connectivity index (χ3v) is 5.48. The van der Waals surface area contributed by atoms with Crippen LogP contribution in [0.25, 0.3) is 21.8 Å². The predicted molar refractivity (Wildman–Crippen MR) is 113 cm³/mol. The standard InChI is InChI=1S/C22H17N3O4S/c1-13-21(30-20(24-13)12-29-19-7-2-3-10-23-19)17-6-4-5-16(25-17)14-8-9-15(22(27)28)18(26)11-14/h2-11,26H,12H2,1H3,(H,27,28). The smallest absolute Gasteiger partial charge is 0.339 e. The Hall–Kier alpha value is -3.78. The average molecular weight is 419 g/mol. The van der Waals surface area contributed by atoms with E-state index in [0.717, 1.165) is 21.3 Å². The number of thiazole rings is 1. The summed E-state index contributed by atoms with van der Waals surface area (Å²) in [5, 5.41) is 19.9. The molecule has 4 rings (SSSR count). The number of hydrogen-bond acceptors (Lipinski definition) is 7. The molecule has 0 saturated carbocycles. The molecule has 30 heavy (non-hydrogen) atoms. The summed E-state index contributed by atoms with van der Waals surface area (Å²) in [6.45, 7) is 2.23. The zero-order chi connectivity index (χ0) is 21.1. The van der Waals surface area contributed by atoms with Crippen molar-refractivity contribution in [3.05, 3.63) is 77.1 Å². The number of aromatic hydroxyl groups is 1. The number of nitrogens with zero attached hydrogens (tertiary/aromatic N) is 3. The summed E-state index contributed by atoms with van der Waals surface area (Å²) in [4.78, 5) is 25.4. The lowest BCUT2D eigenvalue weighted by atomic mass is 10.1. The molecule has 2 N–H and O–H groups in total. The second kappa shape index (κ2) is 8.30. The Bertz CT molecular complexity index is 1210.